The fourth-order valence-corrected chi connectivity index (χ4v) is 8.97. The highest BCUT2D eigenvalue weighted by Gasteiger charge is 2.34. The van der Waals surface area contributed by atoms with Crippen LogP contribution in [0.25, 0.3) is 44.7 Å². The van der Waals surface area contributed by atoms with Crippen molar-refractivity contribution in [2.24, 2.45) is 0 Å². The molecule has 16 nitrogen and oxygen atoms in total. The molecule has 316 valence electrons. The van der Waals surface area contributed by atoms with Gasteiger partial charge in [-0.1, -0.05) is 52.4 Å². The summed E-state index contributed by atoms with van der Waals surface area (Å²) in [5, 5.41) is 16.1. The summed E-state index contributed by atoms with van der Waals surface area (Å²) in [4.78, 5) is 73.1. The number of rotatable bonds is 9. The molecule has 2 amide bonds. The van der Waals surface area contributed by atoms with E-state index < -0.39 is 35.0 Å². The molecule has 10 rings (SSSR count). The molecule has 2 saturated heterocycles. The van der Waals surface area contributed by atoms with Crippen molar-refractivity contribution in [3.8, 4) is 22.9 Å². The van der Waals surface area contributed by atoms with Crippen molar-refractivity contribution in [1.82, 2.24) is 59.7 Å². The fourth-order valence-electron chi connectivity index (χ4n) is 8.84. The Bertz CT molecular complexity index is 3080. The van der Waals surface area contributed by atoms with Gasteiger partial charge >= 0.3 is 0 Å². The predicted octanol–water partition coefficient (Wildman–Crippen LogP) is 6.38. The van der Waals surface area contributed by atoms with E-state index in [1.807, 2.05) is 18.2 Å². The SMILES string of the molecule is O=C(C(=O)N1CCC[C@H](c2cccc(-c3nc(-n4ccnn4)c4[nH]cc(C(=O)C(=O)N5CCCC(c6ccc(Cl)cc6)C5)c4c3F)c2)C1)c1c[nH]c2c(-n3ccnn3)ncc(F)c12. The van der Waals surface area contributed by atoms with Crippen LogP contribution in [0, 0.1) is 11.6 Å². The number of nitrogens with one attached hydrogen (secondary N) is 2. The van der Waals surface area contributed by atoms with E-state index in [0.29, 0.717) is 49.5 Å². The Balaban J connectivity index is 0.937. The first-order chi connectivity index (χ1) is 30.6. The molecule has 8 heterocycles. The van der Waals surface area contributed by atoms with Crippen LogP contribution in [0.4, 0.5) is 8.78 Å². The number of likely N-dealkylation sites (tertiary alicyclic amines) is 2. The van der Waals surface area contributed by atoms with E-state index >= 15 is 8.78 Å². The number of carbonyl (C=O) groups is 4. The zero-order chi connectivity index (χ0) is 43.4. The minimum absolute atomic E-state index is 0.00587. The van der Waals surface area contributed by atoms with Gasteiger partial charge in [0.25, 0.3) is 23.4 Å². The van der Waals surface area contributed by atoms with Gasteiger partial charge in [0, 0.05) is 61.0 Å². The molecule has 2 aromatic carbocycles. The number of carbonyl (C=O) groups excluding carboxylic acids is 4. The quantitative estimate of drug-likeness (QED) is 0.122. The number of hydrogen-bond donors (Lipinski definition) is 2. The summed E-state index contributed by atoms with van der Waals surface area (Å²) in [6, 6.07) is 14.5. The van der Waals surface area contributed by atoms with Gasteiger partial charge in [-0.15, -0.1) is 10.2 Å². The lowest BCUT2D eigenvalue weighted by Gasteiger charge is -2.32. The van der Waals surface area contributed by atoms with Crippen LogP contribution in [0.1, 0.15) is 69.4 Å². The molecule has 63 heavy (non-hydrogen) atoms. The van der Waals surface area contributed by atoms with Crippen molar-refractivity contribution < 1.29 is 28.0 Å². The summed E-state index contributed by atoms with van der Waals surface area (Å²) < 4.78 is 35.0. The number of nitrogens with zero attached hydrogens (tertiary/aromatic N) is 10. The lowest BCUT2D eigenvalue weighted by Crippen LogP contribution is -2.42. The van der Waals surface area contributed by atoms with Gasteiger partial charge < -0.3 is 19.8 Å². The molecule has 2 N–H and O–H groups in total. The average molecular weight is 869 g/mol. The lowest BCUT2D eigenvalue weighted by atomic mass is 9.88. The largest absolute Gasteiger partial charge is 0.357 e. The van der Waals surface area contributed by atoms with Gasteiger partial charge in [0.05, 0.1) is 63.9 Å². The summed E-state index contributed by atoms with van der Waals surface area (Å²) in [7, 11) is 0. The molecule has 0 bridgehead atoms. The Morgan fingerprint density at radius 1 is 0.714 bits per heavy atom. The summed E-state index contributed by atoms with van der Waals surface area (Å²) in [5.74, 6) is -4.78. The van der Waals surface area contributed by atoms with Gasteiger partial charge in [-0.05, 0) is 55.0 Å². The minimum Gasteiger partial charge on any atom is -0.357 e. The summed E-state index contributed by atoms with van der Waals surface area (Å²) in [5.41, 5.74) is 2.09. The van der Waals surface area contributed by atoms with E-state index in [2.05, 4.69) is 40.6 Å². The lowest BCUT2D eigenvalue weighted by molar-refractivity contribution is -0.128. The number of halogens is 3. The van der Waals surface area contributed by atoms with Crippen LogP contribution in [0.2, 0.25) is 5.02 Å². The highest BCUT2D eigenvalue weighted by atomic mass is 35.5. The van der Waals surface area contributed by atoms with Crippen LogP contribution in [0.3, 0.4) is 0 Å². The van der Waals surface area contributed by atoms with Crippen LogP contribution < -0.4 is 0 Å². The van der Waals surface area contributed by atoms with E-state index in [0.717, 1.165) is 23.7 Å². The van der Waals surface area contributed by atoms with Gasteiger partial charge in [-0.25, -0.2) is 28.1 Å². The highest BCUT2D eigenvalue weighted by Crippen LogP contribution is 2.37. The van der Waals surface area contributed by atoms with Crippen LogP contribution in [-0.4, -0.2) is 109 Å². The van der Waals surface area contributed by atoms with Crippen LogP contribution in [0.15, 0.2) is 91.9 Å². The van der Waals surface area contributed by atoms with E-state index in [1.165, 1.54) is 56.3 Å². The van der Waals surface area contributed by atoms with Crippen LogP contribution in [0.5, 0.6) is 0 Å². The van der Waals surface area contributed by atoms with Crippen molar-refractivity contribution in [2.45, 2.75) is 37.5 Å². The van der Waals surface area contributed by atoms with Crippen LogP contribution >= 0.6 is 11.6 Å². The first-order valence-corrected chi connectivity index (χ1v) is 20.6. The molecule has 8 aromatic rings. The van der Waals surface area contributed by atoms with Crippen molar-refractivity contribution >= 4 is 56.8 Å². The molecular weight excluding hydrogens is 834 g/mol. The Morgan fingerprint density at radius 3 is 1.92 bits per heavy atom. The fraction of sp³-hybridized carbons (Fsp3) is 0.227. The summed E-state index contributed by atoms with van der Waals surface area (Å²) >= 11 is 6.10. The second kappa shape index (κ2) is 16.1. The van der Waals surface area contributed by atoms with Gasteiger partial charge in [0.1, 0.15) is 5.69 Å². The third-order valence-electron chi connectivity index (χ3n) is 11.9. The zero-order valence-corrected chi connectivity index (χ0v) is 34.0. The number of aromatic nitrogens is 10. The maximum Gasteiger partial charge on any atom is 0.295 e. The molecule has 0 aliphatic carbocycles. The first kappa shape index (κ1) is 39.7. The third-order valence-corrected chi connectivity index (χ3v) is 12.2. The predicted molar refractivity (Wildman–Crippen MR) is 225 cm³/mol. The Hall–Kier alpha value is -7.47. The smallest absolute Gasteiger partial charge is 0.295 e. The topological polar surface area (TPSA) is 194 Å². The number of pyridine rings is 2. The Labute approximate surface area is 360 Å². The second-order valence-electron chi connectivity index (χ2n) is 15.6. The normalized spacial score (nSPS) is 16.8. The third kappa shape index (κ3) is 7.10. The van der Waals surface area contributed by atoms with E-state index in [4.69, 9.17) is 11.6 Å². The Morgan fingerprint density at radius 2 is 1.30 bits per heavy atom. The van der Waals surface area contributed by atoms with Crippen molar-refractivity contribution in [3.05, 3.63) is 131 Å². The number of fused-ring (bicyclic) bond motifs is 2. The molecule has 0 spiro atoms. The van der Waals surface area contributed by atoms with Crippen molar-refractivity contribution in [2.75, 3.05) is 26.2 Å². The number of aromatic amines is 2. The molecular formula is C44H35ClF2N12O4. The van der Waals surface area contributed by atoms with Crippen LogP contribution in [-0.2, 0) is 9.59 Å². The molecule has 19 heteroatoms. The minimum atomic E-state index is -0.887. The Kier molecular flexibility index (Phi) is 10.1. The number of H-pyrrole nitrogens is 2. The van der Waals surface area contributed by atoms with Crippen molar-refractivity contribution in [3.63, 3.8) is 0 Å². The van der Waals surface area contributed by atoms with Crippen molar-refractivity contribution in [1.29, 1.82) is 0 Å². The second-order valence-corrected chi connectivity index (χ2v) is 16.1. The number of hydrogen-bond acceptors (Lipinski definition) is 10. The number of benzene rings is 2. The van der Waals surface area contributed by atoms with Gasteiger partial charge in [-0.3, -0.25) is 19.2 Å². The molecule has 0 radical (unpaired) electrons. The molecule has 0 saturated carbocycles. The van der Waals surface area contributed by atoms with E-state index in [1.54, 1.807) is 30.3 Å². The molecule has 2 aliphatic heterocycles. The molecule has 2 atom stereocenters. The molecule has 6 aromatic heterocycles. The zero-order valence-electron chi connectivity index (χ0n) is 33.2. The van der Waals surface area contributed by atoms with Gasteiger partial charge in [0.2, 0.25) is 0 Å². The monoisotopic (exact) mass is 868 g/mol. The average Bonchev–Trinajstić information content (AvgIpc) is 4.17. The molecule has 2 aliphatic rings. The number of ketones is 2. The summed E-state index contributed by atoms with van der Waals surface area (Å²) in [6.45, 7) is 1.17. The van der Waals surface area contributed by atoms with Gasteiger partial charge in [-0.2, -0.15) is 0 Å². The molecule has 1 unspecified atom stereocenters. The van der Waals surface area contributed by atoms with Gasteiger partial charge in [0.15, 0.2) is 23.3 Å². The highest BCUT2D eigenvalue weighted by molar-refractivity contribution is 6.45. The maximum absolute atomic E-state index is 17.1. The summed E-state index contributed by atoms with van der Waals surface area (Å²) in [6.07, 6.45) is 12.2. The standard InChI is InChI=1S/C44H35ClF2N12O4/c45-29-10-8-24(9-11-29)27-6-2-14-56(22-27)44(63)40(61)31-20-49-38-34(31)35(47)36(53-42(38)59-17-13-52-55-59)26-5-1-4-25(18-26)28-7-3-15-57(23-28)43(62)39(60)30-19-48-37-33(30)32(46)21-50-41(37)58-16-12-51-54-58/h1,4-5,8-13,16-21,27-28,48-49H,2-3,6-7,14-15,22-23H2/t27?,28-/m0/s1. The number of piperidine rings is 2. The number of Topliss-reactive ketones (excluding diaryl/α,β-unsaturated/α-hetero) is 2. The maximum atomic E-state index is 17.1. The van der Waals surface area contributed by atoms with E-state index in [-0.39, 0.29) is 68.6 Å². The molecule has 2 fully saturated rings. The number of amides is 2. The van der Waals surface area contributed by atoms with E-state index in [9.17, 15) is 19.2 Å². The first-order valence-electron chi connectivity index (χ1n) is 20.3.